The van der Waals surface area contributed by atoms with Gasteiger partial charge in [0.05, 0.1) is 13.3 Å². The maximum Gasteiger partial charge on any atom is 0.322 e. The van der Waals surface area contributed by atoms with E-state index in [9.17, 15) is 0 Å². The van der Waals surface area contributed by atoms with Gasteiger partial charge in [-0.3, -0.25) is 0 Å². The van der Waals surface area contributed by atoms with E-state index < -0.39 is 0 Å². The van der Waals surface area contributed by atoms with Crippen molar-refractivity contribution in [2.75, 3.05) is 30.5 Å². The van der Waals surface area contributed by atoms with Crippen LogP contribution in [-0.2, 0) is 0 Å². The highest BCUT2D eigenvalue weighted by atomic mass is 16.5. The number of hydrazone groups is 1. The largest absolute Gasteiger partial charge is 0.467 e. The summed E-state index contributed by atoms with van der Waals surface area (Å²) in [5.74, 6) is 1.54. The summed E-state index contributed by atoms with van der Waals surface area (Å²) in [6.45, 7) is 6.27. The first-order valence-corrected chi connectivity index (χ1v) is 9.10. The van der Waals surface area contributed by atoms with E-state index >= 15 is 0 Å². The summed E-state index contributed by atoms with van der Waals surface area (Å²) in [5.41, 5.74) is 5.21. The van der Waals surface area contributed by atoms with E-state index in [0.29, 0.717) is 23.8 Å². The van der Waals surface area contributed by atoms with E-state index in [2.05, 4.69) is 56.4 Å². The Morgan fingerprint density at radius 2 is 1.81 bits per heavy atom. The summed E-state index contributed by atoms with van der Waals surface area (Å²) < 4.78 is 5.21. The molecule has 1 aromatic carbocycles. The second-order valence-electron chi connectivity index (χ2n) is 6.68. The molecule has 0 bridgehead atoms. The third kappa shape index (κ3) is 4.68. The highest BCUT2D eigenvalue weighted by Crippen LogP contribution is 2.19. The van der Waals surface area contributed by atoms with Gasteiger partial charge >= 0.3 is 6.01 Å². The number of methoxy groups -OCH3 is 1. The van der Waals surface area contributed by atoms with E-state index in [4.69, 9.17) is 4.74 Å². The van der Waals surface area contributed by atoms with Crippen LogP contribution in [0.2, 0.25) is 0 Å². The van der Waals surface area contributed by atoms with E-state index in [1.54, 1.807) is 13.3 Å². The Bertz CT molecular complexity index is 738. The predicted octanol–water partition coefficient (Wildman–Crippen LogP) is 3.44. The zero-order valence-corrected chi connectivity index (χ0v) is 15.6. The summed E-state index contributed by atoms with van der Waals surface area (Å²) >= 11 is 0. The molecular formula is C19H26N6O. The second kappa shape index (κ2) is 8.60. The summed E-state index contributed by atoms with van der Waals surface area (Å²) in [5, 5.41) is 4.25. The maximum atomic E-state index is 5.21. The standard InChI is InChI=1S/C19H26N6O/c1-14(2)16-9-7-15(8-10-16)13-20-24-17-21-18(23-19(22-17)26-3)25-11-5-4-6-12-25/h7-10,13-14H,4-6,11-12H2,1-3H3,(H,21,22,23,24). The highest BCUT2D eigenvalue weighted by molar-refractivity contribution is 5.80. The topological polar surface area (TPSA) is 75.5 Å². The molecule has 1 fully saturated rings. The zero-order valence-electron chi connectivity index (χ0n) is 15.6. The summed E-state index contributed by atoms with van der Waals surface area (Å²) in [6, 6.07) is 8.62. The molecule has 138 valence electrons. The van der Waals surface area contributed by atoms with Crippen molar-refractivity contribution in [2.45, 2.75) is 39.0 Å². The number of nitrogens with zero attached hydrogens (tertiary/aromatic N) is 5. The minimum absolute atomic E-state index is 0.291. The molecule has 1 N–H and O–H groups in total. The molecule has 1 saturated heterocycles. The van der Waals surface area contributed by atoms with Gasteiger partial charge in [0.1, 0.15) is 0 Å². The predicted molar refractivity (Wildman–Crippen MR) is 104 cm³/mol. The lowest BCUT2D eigenvalue weighted by molar-refractivity contribution is 0.378. The first-order valence-electron chi connectivity index (χ1n) is 9.10. The van der Waals surface area contributed by atoms with Crippen molar-refractivity contribution in [3.05, 3.63) is 35.4 Å². The molecule has 1 aromatic heterocycles. The minimum atomic E-state index is 0.291. The monoisotopic (exact) mass is 354 g/mol. The molecular weight excluding hydrogens is 328 g/mol. The summed E-state index contributed by atoms with van der Waals surface area (Å²) in [4.78, 5) is 15.2. The molecule has 0 spiro atoms. The second-order valence-corrected chi connectivity index (χ2v) is 6.68. The van der Waals surface area contributed by atoms with Crippen molar-refractivity contribution >= 4 is 18.1 Å². The van der Waals surface area contributed by atoms with Crippen LogP contribution < -0.4 is 15.1 Å². The highest BCUT2D eigenvalue weighted by Gasteiger charge is 2.16. The van der Waals surface area contributed by atoms with Crippen LogP contribution in [-0.4, -0.2) is 41.4 Å². The fourth-order valence-corrected chi connectivity index (χ4v) is 2.85. The lowest BCUT2D eigenvalue weighted by Gasteiger charge is -2.26. The average Bonchev–Trinajstić information content (AvgIpc) is 2.69. The SMILES string of the molecule is COc1nc(NN=Cc2ccc(C(C)C)cc2)nc(N2CCCCC2)n1. The number of nitrogens with one attached hydrogen (secondary N) is 1. The van der Waals surface area contributed by atoms with Crippen molar-refractivity contribution in [1.82, 2.24) is 15.0 Å². The first kappa shape index (κ1) is 18.1. The molecule has 1 aliphatic rings. The molecule has 7 nitrogen and oxygen atoms in total. The Hall–Kier alpha value is -2.70. The Morgan fingerprint density at radius 3 is 2.46 bits per heavy atom. The van der Waals surface area contributed by atoms with E-state index in [-0.39, 0.29) is 0 Å². The molecule has 3 rings (SSSR count). The van der Waals surface area contributed by atoms with Crippen molar-refractivity contribution in [3.8, 4) is 6.01 Å². The smallest absolute Gasteiger partial charge is 0.322 e. The Kier molecular flexibility index (Phi) is 5.99. The quantitative estimate of drug-likeness (QED) is 0.633. The summed E-state index contributed by atoms with van der Waals surface area (Å²) in [7, 11) is 1.55. The van der Waals surface area contributed by atoms with Crippen LogP contribution in [0.5, 0.6) is 6.01 Å². The Balaban J connectivity index is 1.70. The van der Waals surface area contributed by atoms with Crippen LogP contribution in [0, 0.1) is 0 Å². The lowest BCUT2D eigenvalue weighted by Crippen LogP contribution is -2.31. The van der Waals surface area contributed by atoms with Crippen LogP contribution in [0.3, 0.4) is 0 Å². The number of rotatable bonds is 6. The van der Waals surface area contributed by atoms with Gasteiger partial charge < -0.3 is 9.64 Å². The van der Waals surface area contributed by atoms with Gasteiger partial charge in [0.15, 0.2) is 0 Å². The third-order valence-electron chi connectivity index (χ3n) is 4.41. The molecule has 0 amide bonds. The number of hydrogen-bond acceptors (Lipinski definition) is 7. The number of anilines is 2. The van der Waals surface area contributed by atoms with E-state index in [1.807, 2.05) is 12.1 Å². The first-order chi connectivity index (χ1) is 12.7. The fraction of sp³-hybridized carbons (Fsp3) is 0.474. The molecule has 26 heavy (non-hydrogen) atoms. The van der Waals surface area contributed by atoms with Crippen molar-refractivity contribution in [2.24, 2.45) is 5.10 Å². The van der Waals surface area contributed by atoms with E-state index in [1.165, 1.54) is 12.0 Å². The third-order valence-corrected chi connectivity index (χ3v) is 4.41. The molecule has 2 aromatic rings. The zero-order chi connectivity index (χ0) is 18.4. The van der Waals surface area contributed by atoms with Crippen molar-refractivity contribution < 1.29 is 4.74 Å². The van der Waals surface area contributed by atoms with Gasteiger partial charge in [0.25, 0.3) is 5.95 Å². The number of benzene rings is 1. The summed E-state index contributed by atoms with van der Waals surface area (Å²) in [6.07, 6.45) is 5.31. The van der Waals surface area contributed by atoms with Crippen LogP contribution in [0.1, 0.15) is 50.2 Å². The molecule has 0 atom stereocenters. The van der Waals surface area contributed by atoms with Gasteiger partial charge in [-0.15, -0.1) is 0 Å². The van der Waals surface area contributed by atoms with E-state index in [0.717, 1.165) is 31.5 Å². The molecule has 1 aliphatic heterocycles. The normalized spacial score (nSPS) is 14.8. The average molecular weight is 354 g/mol. The fourth-order valence-electron chi connectivity index (χ4n) is 2.85. The number of aromatic nitrogens is 3. The lowest BCUT2D eigenvalue weighted by atomic mass is 10.0. The molecule has 0 saturated carbocycles. The molecule has 7 heteroatoms. The maximum absolute atomic E-state index is 5.21. The molecule has 0 unspecified atom stereocenters. The van der Waals surface area contributed by atoms with Gasteiger partial charge in [0, 0.05) is 13.1 Å². The Labute approximate surface area is 154 Å². The molecule has 0 aliphatic carbocycles. The molecule has 0 radical (unpaired) electrons. The van der Waals surface area contributed by atoms with Gasteiger partial charge in [-0.1, -0.05) is 38.1 Å². The minimum Gasteiger partial charge on any atom is -0.467 e. The van der Waals surface area contributed by atoms with Gasteiger partial charge in [-0.05, 0) is 36.3 Å². The van der Waals surface area contributed by atoms with Crippen molar-refractivity contribution in [3.63, 3.8) is 0 Å². The number of piperidine rings is 1. The molecule has 2 heterocycles. The Morgan fingerprint density at radius 1 is 1.08 bits per heavy atom. The van der Waals surface area contributed by atoms with Gasteiger partial charge in [-0.2, -0.15) is 20.1 Å². The van der Waals surface area contributed by atoms with Gasteiger partial charge in [-0.25, -0.2) is 5.43 Å². The van der Waals surface area contributed by atoms with Gasteiger partial charge in [0.2, 0.25) is 5.95 Å². The van der Waals surface area contributed by atoms with Crippen molar-refractivity contribution in [1.29, 1.82) is 0 Å². The van der Waals surface area contributed by atoms with Crippen LogP contribution >= 0.6 is 0 Å². The number of ether oxygens (including phenoxy) is 1. The van der Waals surface area contributed by atoms with Crippen LogP contribution in [0.25, 0.3) is 0 Å². The van der Waals surface area contributed by atoms with Crippen LogP contribution in [0.4, 0.5) is 11.9 Å². The number of hydrogen-bond donors (Lipinski definition) is 1. The van der Waals surface area contributed by atoms with Crippen LogP contribution in [0.15, 0.2) is 29.4 Å².